The molecule has 8 aromatic carbocycles. The molecule has 0 spiro atoms. The molecule has 0 aliphatic heterocycles. The first-order valence-electron chi connectivity index (χ1n) is 17.7. The third kappa shape index (κ3) is 4.90. The molecule has 11 aromatic rings. The van der Waals surface area contributed by atoms with Gasteiger partial charge in [0.15, 0.2) is 17.5 Å². The number of thiophene rings is 1. The van der Waals surface area contributed by atoms with E-state index in [-0.39, 0.29) is 0 Å². The number of pyridine rings is 1. The van der Waals surface area contributed by atoms with Crippen LogP contribution in [-0.2, 0) is 0 Å². The quantitative estimate of drug-likeness (QED) is 0.172. The molecule has 0 saturated heterocycles. The van der Waals surface area contributed by atoms with Gasteiger partial charge < -0.3 is 0 Å². The van der Waals surface area contributed by atoms with Crippen LogP contribution in [0.4, 0.5) is 0 Å². The van der Waals surface area contributed by atoms with Crippen molar-refractivity contribution < 1.29 is 0 Å². The van der Waals surface area contributed by atoms with E-state index in [4.69, 9.17) is 15.0 Å². The zero-order valence-corrected chi connectivity index (χ0v) is 29.2. The normalized spacial score (nSPS) is 11.8. The smallest absolute Gasteiger partial charge is 0.164 e. The van der Waals surface area contributed by atoms with Gasteiger partial charge in [-0.1, -0.05) is 121 Å². The van der Waals surface area contributed by atoms with E-state index in [1.807, 2.05) is 66.2 Å². The highest BCUT2D eigenvalue weighted by Crippen LogP contribution is 2.44. The van der Waals surface area contributed by atoms with E-state index in [1.54, 1.807) is 0 Å². The standard InChI is InChI=1S/C48H28N4S/c1-2-9-32(10-3-1)46-50-47(33-16-14-29(15-17-33)30-22-24-49-25-23-30)52-48(51-46)34-18-20-38-39(26-34)36-12-6-7-13-37(36)41-28-44-42(27-40(38)41)45-35-11-5-4-8-31(35)19-21-43(45)53-44/h1-28H. The van der Waals surface area contributed by atoms with Gasteiger partial charge in [-0.05, 0) is 90.6 Å². The van der Waals surface area contributed by atoms with Gasteiger partial charge in [0.05, 0.1) is 0 Å². The van der Waals surface area contributed by atoms with Gasteiger partial charge in [0.25, 0.3) is 0 Å². The van der Waals surface area contributed by atoms with E-state index in [0.717, 1.165) is 27.8 Å². The molecule has 11 rings (SSSR count). The number of rotatable bonds is 4. The lowest BCUT2D eigenvalue weighted by Gasteiger charge is -2.13. The molecule has 0 radical (unpaired) electrons. The minimum absolute atomic E-state index is 0.637. The van der Waals surface area contributed by atoms with Crippen LogP contribution in [-0.4, -0.2) is 19.9 Å². The molecule has 0 aliphatic carbocycles. The van der Waals surface area contributed by atoms with Crippen LogP contribution in [0.25, 0.3) is 109 Å². The minimum Gasteiger partial charge on any atom is -0.265 e. The molecule has 3 heterocycles. The van der Waals surface area contributed by atoms with E-state index in [1.165, 1.54) is 63.3 Å². The van der Waals surface area contributed by atoms with E-state index >= 15 is 0 Å². The largest absolute Gasteiger partial charge is 0.265 e. The number of aromatic nitrogens is 4. The monoisotopic (exact) mass is 692 g/mol. The molecule has 0 fully saturated rings. The molecular formula is C48H28N4S. The zero-order valence-electron chi connectivity index (χ0n) is 28.4. The highest BCUT2D eigenvalue weighted by atomic mass is 32.1. The summed E-state index contributed by atoms with van der Waals surface area (Å²) in [4.78, 5) is 19.4. The third-order valence-electron chi connectivity index (χ3n) is 10.4. The highest BCUT2D eigenvalue weighted by Gasteiger charge is 2.17. The Hall–Kier alpha value is -6.82. The molecule has 0 N–H and O–H groups in total. The van der Waals surface area contributed by atoms with Gasteiger partial charge in [0, 0.05) is 49.3 Å². The van der Waals surface area contributed by atoms with E-state index in [2.05, 4.69) is 120 Å². The van der Waals surface area contributed by atoms with Crippen LogP contribution in [0.2, 0.25) is 0 Å². The maximum Gasteiger partial charge on any atom is 0.164 e. The lowest BCUT2D eigenvalue weighted by molar-refractivity contribution is 1.07. The molecule has 246 valence electrons. The third-order valence-corrected chi connectivity index (χ3v) is 11.5. The van der Waals surface area contributed by atoms with Gasteiger partial charge >= 0.3 is 0 Å². The van der Waals surface area contributed by atoms with Crippen molar-refractivity contribution in [2.75, 3.05) is 0 Å². The van der Waals surface area contributed by atoms with Crippen molar-refractivity contribution in [2.24, 2.45) is 0 Å². The van der Waals surface area contributed by atoms with Crippen LogP contribution in [0, 0.1) is 0 Å². The average Bonchev–Trinajstić information content (AvgIpc) is 3.62. The van der Waals surface area contributed by atoms with Crippen molar-refractivity contribution in [3.05, 3.63) is 170 Å². The predicted octanol–water partition coefficient (Wildman–Crippen LogP) is 12.9. The molecule has 0 aliphatic rings. The van der Waals surface area contributed by atoms with Gasteiger partial charge in [0.1, 0.15) is 0 Å². The summed E-state index contributed by atoms with van der Waals surface area (Å²) in [5, 5.41) is 12.6. The second-order valence-electron chi connectivity index (χ2n) is 13.4. The highest BCUT2D eigenvalue weighted by molar-refractivity contribution is 7.26. The van der Waals surface area contributed by atoms with Crippen molar-refractivity contribution in [1.82, 2.24) is 19.9 Å². The number of nitrogens with zero attached hydrogens (tertiary/aromatic N) is 4. The summed E-state index contributed by atoms with van der Waals surface area (Å²) in [6, 6.07) is 56.1. The van der Waals surface area contributed by atoms with E-state index in [9.17, 15) is 0 Å². The fraction of sp³-hybridized carbons (Fsp3) is 0. The second-order valence-corrected chi connectivity index (χ2v) is 14.5. The molecule has 0 atom stereocenters. The number of hydrogen-bond donors (Lipinski definition) is 0. The Morgan fingerprint density at radius 2 is 0.868 bits per heavy atom. The van der Waals surface area contributed by atoms with Gasteiger partial charge in [-0.25, -0.2) is 15.0 Å². The predicted molar refractivity (Wildman–Crippen MR) is 222 cm³/mol. The first-order chi connectivity index (χ1) is 26.2. The summed E-state index contributed by atoms with van der Waals surface area (Å²) in [5.41, 5.74) is 5.06. The van der Waals surface area contributed by atoms with Crippen LogP contribution in [0.1, 0.15) is 0 Å². The fourth-order valence-corrected chi connectivity index (χ4v) is 8.98. The second kappa shape index (κ2) is 11.9. The maximum atomic E-state index is 5.12. The van der Waals surface area contributed by atoms with Crippen molar-refractivity contribution in [1.29, 1.82) is 0 Å². The Balaban J connectivity index is 1.13. The average molecular weight is 693 g/mol. The first-order valence-corrected chi connectivity index (χ1v) is 18.5. The van der Waals surface area contributed by atoms with Gasteiger partial charge in [-0.2, -0.15) is 0 Å². The Labute approximate surface area is 308 Å². The van der Waals surface area contributed by atoms with Crippen molar-refractivity contribution in [3.8, 4) is 45.3 Å². The van der Waals surface area contributed by atoms with Gasteiger partial charge in [-0.15, -0.1) is 11.3 Å². The lowest BCUT2D eigenvalue weighted by atomic mass is 9.92. The Kier molecular flexibility index (Phi) is 6.69. The molecular weight excluding hydrogens is 665 g/mol. The van der Waals surface area contributed by atoms with E-state index < -0.39 is 0 Å². The summed E-state index contributed by atoms with van der Waals surface area (Å²) in [6.07, 6.45) is 3.63. The molecule has 0 saturated carbocycles. The van der Waals surface area contributed by atoms with Crippen LogP contribution in [0.3, 0.4) is 0 Å². The molecule has 4 nitrogen and oxygen atoms in total. The van der Waals surface area contributed by atoms with Crippen molar-refractivity contribution in [2.45, 2.75) is 0 Å². The van der Waals surface area contributed by atoms with Crippen molar-refractivity contribution >= 4 is 74.6 Å². The molecule has 3 aromatic heterocycles. The summed E-state index contributed by atoms with van der Waals surface area (Å²) in [7, 11) is 0. The maximum absolute atomic E-state index is 5.12. The number of benzene rings is 8. The van der Waals surface area contributed by atoms with Crippen LogP contribution in [0.5, 0.6) is 0 Å². The summed E-state index contributed by atoms with van der Waals surface area (Å²) < 4.78 is 2.63. The minimum atomic E-state index is 0.637. The fourth-order valence-electron chi connectivity index (χ4n) is 7.84. The molecule has 0 bridgehead atoms. The number of hydrogen-bond acceptors (Lipinski definition) is 5. The zero-order chi connectivity index (χ0) is 34.9. The van der Waals surface area contributed by atoms with Crippen LogP contribution >= 0.6 is 11.3 Å². The Morgan fingerprint density at radius 3 is 1.62 bits per heavy atom. The Bertz CT molecular complexity index is 3210. The Morgan fingerprint density at radius 1 is 0.321 bits per heavy atom. The summed E-state index contributed by atoms with van der Waals surface area (Å²) in [5.74, 6) is 1.92. The van der Waals surface area contributed by atoms with Crippen LogP contribution in [0.15, 0.2) is 170 Å². The van der Waals surface area contributed by atoms with Gasteiger partial charge in [0.2, 0.25) is 0 Å². The number of fused-ring (bicyclic) bond motifs is 11. The topological polar surface area (TPSA) is 51.6 Å². The molecule has 0 amide bonds. The van der Waals surface area contributed by atoms with Crippen molar-refractivity contribution in [3.63, 3.8) is 0 Å². The first kappa shape index (κ1) is 29.9. The summed E-state index contributed by atoms with van der Waals surface area (Å²) >= 11 is 1.88. The molecule has 5 heteroatoms. The summed E-state index contributed by atoms with van der Waals surface area (Å²) in [6.45, 7) is 0. The van der Waals surface area contributed by atoms with Crippen LogP contribution < -0.4 is 0 Å². The lowest BCUT2D eigenvalue weighted by Crippen LogP contribution is -2.00. The molecule has 0 unspecified atom stereocenters. The van der Waals surface area contributed by atoms with E-state index in [0.29, 0.717) is 17.5 Å². The van der Waals surface area contributed by atoms with Gasteiger partial charge in [-0.3, -0.25) is 4.98 Å². The molecule has 53 heavy (non-hydrogen) atoms. The SMILES string of the molecule is c1ccc(-c2nc(-c3ccc(-c4ccncc4)cc3)nc(-c3ccc4c(c3)c3ccccc3c3cc5sc6ccc7ccccc7c6c5cc43)n2)cc1.